The van der Waals surface area contributed by atoms with E-state index in [0.717, 1.165) is 0 Å². The third-order valence-electron chi connectivity index (χ3n) is 3.15. The summed E-state index contributed by atoms with van der Waals surface area (Å²) in [6.45, 7) is 0.703. The Hall–Kier alpha value is -0.810. The molecule has 0 aromatic carbocycles. The lowest BCUT2D eigenvalue weighted by Gasteiger charge is -2.40. The number of nitrogens with one attached hydrogen (secondary N) is 1. The van der Waals surface area contributed by atoms with Crippen LogP contribution in [0.25, 0.3) is 0 Å². The molecule has 1 aliphatic heterocycles. The number of aliphatic hydroxyl groups excluding tert-OH is 5. The van der Waals surface area contributed by atoms with E-state index in [1.807, 2.05) is 0 Å². The number of carbonyl (C=O) groups excluding carboxylic acids is 1. The molecule has 0 aromatic heterocycles. The number of carbonyl (C=O) groups is 1. The summed E-state index contributed by atoms with van der Waals surface area (Å²) in [4.78, 5) is 10.4. The molecule has 1 saturated heterocycles. The number of hydrogen-bond donors (Lipinski definition) is 6. The van der Waals surface area contributed by atoms with Crippen molar-refractivity contribution in [2.45, 2.75) is 49.8 Å². The van der Waals surface area contributed by atoms with E-state index in [1.165, 1.54) is 6.92 Å². The minimum Gasteiger partial charge on any atom is -0.394 e. The molecule has 7 atom stereocenters. The van der Waals surface area contributed by atoms with Crippen LogP contribution in [0.2, 0.25) is 0 Å². The standard InChI is InChI=1S/C11H21NO8/c1-5(15)6(12-4-14)3-19-11-10(18)9(17)8(16)7(2-13)20-11/h4-11,13,15-18H,2-3H2,1H3,(H,12,14)/t5-,6+,7?,8+,9+,10?,11+/m1/s1. The summed E-state index contributed by atoms with van der Waals surface area (Å²) in [6.07, 6.45) is -7.37. The minimum absolute atomic E-state index is 0.181. The van der Waals surface area contributed by atoms with Crippen LogP contribution in [0.4, 0.5) is 0 Å². The lowest BCUT2D eigenvalue weighted by molar-refractivity contribution is -0.302. The van der Waals surface area contributed by atoms with Gasteiger partial charge >= 0.3 is 0 Å². The Balaban J connectivity index is 2.59. The molecular weight excluding hydrogens is 274 g/mol. The van der Waals surface area contributed by atoms with Gasteiger partial charge in [-0.3, -0.25) is 4.79 Å². The molecule has 2 unspecified atom stereocenters. The van der Waals surface area contributed by atoms with Crippen molar-refractivity contribution in [1.29, 1.82) is 0 Å². The number of rotatable bonds is 7. The molecule has 0 bridgehead atoms. The van der Waals surface area contributed by atoms with Crippen molar-refractivity contribution >= 4 is 6.41 Å². The molecule has 1 rings (SSSR count). The van der Waals surface area contributed by atoms with Gasteiger partial charge in [-0.15, -0.1) is 0 Å². The quantitative estimate of drug-likeness (QED) is 0.263. The molecule has 1 amide bonds. The van der Waals surface area contributed by atoms with Gasteiger partial charge in [-0.25, -0.2) is 0 Å². The van der Waals surface area contributed by atoms with E-state index in [0.29, 0.717) is 6.41 Å². The second kappa shape index (κ2) is 7.84. The maximum Gasteiger partial charge on any atom is 0.207 e. The predicted octanol–water partition coefficient (Wildman–Crippen LogP) is -3.70. The topological polar surface area (TPSA) is 149 Å². The first-order valence-electron chi connectivity index (χ1n) is 6.22. The van der Waals surface area contributed by atoms with Gasteiger partial charge in [-0.2, -0.15) is 0 Å². The molecule has 0 radical (unpaired) electrons. The van der Waals surface area contributed by atoms with Crippen molar-refractivity contribution in [3.8, 4) is 0 Å². The average molecular weight is 295 g/mol. The van der Waals surface area contributed by atoms with E-state index in [9.17, 15) is 25.2 Å². The molecule has 6 N–H and O–H groups in total. The maximum absolute atomic E-state index is 10.4. The molecule has 9 heteroatoms. The lowest BCUT2D eigenvalue weighted by Crippen LogP contribution is -2.59. The van der Waals surface area contributed by atoms with Crippen LogP contribution in [0.3, 0.4) is 0 Å². The van der Waals surface area contributed by atoms with Crippen LogP contribution in [0.5, 0.6) is 0 Å². The van der Waals surface area contributed by atoms with Crippen molar-refractivity contribution in [2.75, 3.05) is 13.2 Å². The Morgan fingerprint density at radius 3 is 2.45 bits per heavy atom. The summed E-state index contributed by atoms with van der Waals surface area (Å²) in [6, 6.07) is -0.722. The highest BCUT2D eigenvalue weighted by Gasteiger charge is 2.44. The highest BCUT2D eigenvalue weighted by Crippen LogP contribution is 2.22. The van der Waals surface area contributed by atoms with Crippen LogP contribution in [-0.4, -0.2) is 88.0 Å². The van der Waals surface area contributed by atoms with Gasteiger partial charge in [-0.1, -0.05) is 0 Å². The molecule has 118 valence electrons. The molecule has 0 spiro atoms. The van der Waals surface area contributed by atoms with Crippen molar-refractivity contribution in [3.05, 3.63) is 0 Å². The predicted molar refractivity (Wildman–Crippen MR) is 64.4 cm³/mol. The highest BCUT2D eigenvalue weighted by atomic mass is 16.7. The molecule has 1 fully saturated rings. The summed E-state index contributed by atoms with van der Waals surface area (Å²) >= 11 is 0. The second-order valence-electron chi connectivity index (χ2n) is 4.66. The third-order valence-corrected chi connectivity index (χ3v) is 3.15. The zero-order chi connectivity index (χ0) is 15.3. The number of aliphatic hydroxyl groups is 5. The molecule has 0 aliphatic carbocycles. The Morgan fingerprint density at radius 1 is 1.30 bits per heavy atom. The van der Waals surface area contributed by atoms with Gasteiger partial charge < -0.3 is 40.3 Å². The van der Waals surface area contributed by atoms with Gasteiger partial charge in [0.05, 0.1) is 25.4 Å². The van der Waals surface area contributed by atoms with Crippen molar-refractivity contribution < 1.29 is 39.8 Å². The summed E-state index contributed by atoms with van der Waals surface area (Å²) in [5.41, 5.74) is 0. The van der Waals surface area contributed by atoms with Crippen LogP contribution in [-0.2, 0) is 14.3 Å². The number of amides is 1. The molecule has 9 nitrogen and oxygen atoms in total. The van der Waals surface area contributed by atoms with Crippen LogP contribution < -0.4 is 5.32 Å². The van der Waals surface area contributed by atoms with Crippen molar-refractivity contribution in [1.82, 2.24) is 5.32 Å². The summed E-state index contributed by atoms with van der Waals surface area (Å²) < 4.78 is 10.3. The monoisotopic (exact) mass is 295 g/mol. The number of hydrogen-bond acceptors (Lipinski definition) is 8. The summed E-state index contributed by atoms with van der Waals surface area (Å²) in [5, 5.41) is 49.6. The zero-order valence-electron chi connectivity index (χ0n) is 11.0. The van der Waals surface area contributed by atoms with Gasteiger partial charge in [0.2, 0.25) is 6.41 Å². The fourth-order valence-electron chi connectivity index (χ4n) is 1.82. The van der Waals surface area contributed by atoms with Crippen LogP contribution >= 0.6 is 0 Å². The van der Waals surface area contributed by atoms with Gasteiger partial charge in [-0.05, 0) is 6.92 Å². The van der Waals surface area contributed by atoms with E-state index in [-0.39, 0.29) is 6.61 Å². The average Bonchev–Trinajstić information content (AvgIpc) is 2.42. The highest BCUT2D eigenvalue weighted by molar-refractivity contribution is 5.46. The zero-order valence-corrected chi connectivity index (χ0v) is 11.0. The Morgan fingerprint density at radius 2 is 1.95 bits per heavy atom. The van der Waals surface area contributed by atoms with E-state index < -0.39 is 49.5 Å². The van der Waals surface area contributed by atoms with E-state index in [2.05, 4.69) is 5.32 Å². The Labute approximate surface area is 115 Å². The first-order chi connectivity index (χ1) is 9.42. The molecule has 0 aromatic rings. The van der Waals surface area contributed by atoms with Crippen molar-refractivity contribution in [3.63, 3.8) is 0 Å². The van der Waals surface area contributed by atoms with Crippen molar-refractivity contribution in [2.24, 2.45) is 0 Å². The van der Waals surface area contributed by atoms with E-state index in [4.69, 9.17) is 14.6 Å². The summed E-state index contributed by atoms with van der Waals surface area (Å²) in [7, 11) is 0. The maximum atomic E-state index is 10.4. The van der Waals surface area contributed by atoms with Crippen LogP contribution in [0, 0.1) is 0 Å². The molecule has 1 aliphatic rings. The largest absolute Gasteiger partial charge is 0.394 e. The van der Waals surface area contributed by atoms with Gasteiger partial charge in [0.1, 0.15) is 24.4 Å². The van der Waals surface area contributed by atoms with Gasteiger partial charge in [0, 0.05) is 0 Å². The first-order valence-corrected chi connectivity index (χ1v) is 6.22. The summed E-state index contributed by atoms with van der Waals surface area (Å²) in [5.74, 6) is 0. The number of ether oxygens (including phenoxy) is 2. The Kier molecular flexibility index (Phi) is 6.76. The second-order valence-corrected chi connectivity index (χ2v) is 4.66. The fourth-order valence-corrected chi connectivity index (χ4v) is 1.82. The molecular formula is C11H21NO8. The van der Waals surface area contributed by atoms with E-state index >= 15 is 0 Å². The minimum atomic E-state index is -1.53. The third kappa shape index (κ3) is 4.09. The van der Waals surface area contributed by atoms with Crippen LogP contribution in [0.15, 0.2) is 0 Å². The molecule has 1 heterocycles. The fraction of sp³-hybridized carbons (Fsp3) is 0.909. The Bertz CT molecular complexity index is 300. The first kappa shape index (κ1) is 17.2. The molecule has 20 heavy (non-hydrogen) atoms. The lowest BCUT2D eigenvalue weighted by atomic mass is 9.99. The molecule has 0 saturated carbocycles. The normalized spacial score (nSPS) is 37.2. The smallest absolute Gasteiger partial charge is 0.207 e. The van der Waals surface area contributed by atoms with Gasteiger partial charge in [0.15, 0.2) is 6.29 Å². The SMILES string of the molecule is C[C@@H](O)[C@H](CO[C@H]1OC(CO)[C@H](O)[C@H](O)C1O)NC=O. The van der Waals surface area contributed by atoms with Gasteiger partial charge in [0.25, 0.3) is 0 Å². The van der Waals surface area contributed by atoms with E-state index in [1.54, 1.807) is 0 Å². The van der Waals surface area contributed by atoms with Crippen LogP contribution in [0.1, 0.15) is 6.92 Å².